The molecule has 25 heavy (non-hydrogen) atoms. The van der Waals surface area contributed by atoms with E-state index in [9.17, 15) is 4.39 Å². The van der Waals surface area contributed by atoms with Crippen molar-refractivity contribution >= 4 is 23.5 Å². The number of hydrogen-bond acceptors (Lipinski definition) is 4. The minimum atomic E-state index is -0.193. The van der Waals surface area contributed by atoms with E-state index in [1.807, 2.05) is 12.1 Å². The topological polar surface area (TPSA) is 52.7 Å². The van der Waals surface area contributed by atoms with Gasteiger partial charge in [0.2, 0.25) is 0 Å². The molecular formula is C19H23FN4S. The highest BCUT2D eigenvalue weighted by molar-refractivity contribution is 7.97. The van der Waals surface area contributed by atoms with E-state index in [4.69, 9.17) is 0 Å². The average Bonchev–Trinajstić information content (AvgIpc) is 3.36. The third-order valence-corrected chi connectivity index (χ3v) is 6.21. The van der Waals surface area contributed by atoms with Gasteiger partial charge in [0.25, 0.3) is 0 Å². The molecule has 1 aromatic heterocycles. The molecule has 6 heteroatoms. The van der Waals surface area contributed by atoms with Crippen LogP contribution in [-0.4, -0.2) is 10.2 Å². The van der Waals surface area contributed by atoms with E-state index in [1.54, 1.807) is 11.6 Å². The van der Waals surface area contributed by atoms with Crippen molar-refractivity contribution in [1.82, 2.24) is 14.9 Å². The quantitative estimate of drug-likeness (QED) is 0.504. The summed E-state index contributed by atoms with van der Waals surface area (Å²) in [6.07, 6.45) is 5.70. The molecule has 3 N–H and O–H groups in total. The molecule has 2 heterocycles. The Kier molecular flexibility index (Phi) is 4.56. The van der Waals surface area contributed by atoms with Crippen LogP contribution in [0.15, 0.2) is 34.7 Å². The van der Waals surface area contributed by atoms with Gasteiger partial charge in [0.15, 0.2) is 11.6 Å². The minimum Gasteiger partial charge on any atom is -0.336 e. The van der Waals surface area contributed by atoms with E-state index >= 15 is 0 Å². The second-order valence-corrected chi connectivity index (χ2v) is 7.82. The van der Waals surface area contributed by atoms with Crippen molar-refractivity contribution in [3.05, 3.63) is 46.9 Å². The van der Waals surface area contributed by atoms with Crippen molar-refractivity contribution in [3.63, 3.8) is 0 Å². The van der Waals surface area contributed by atoms with Crippen LogP contribution in [0.5, 0.6) is 0 Å². The largest absolute Gasteiger partial charge is 0.336 e. The fraction of sp³-hybridized carbons (Fsp3) is 0.421. The molecule has 4 rings (SSSR count). The lowest BCUT2D eigenvalue weighted by atomic mass is 9.94. The highest BCUT2D eigenvalue weighted by Gasteiger charge is 2.24. The van der Waals surface area contributed by atoms with Crippen LogP contribution in [0.3, 0.4) is 0 Å². The highest BCUT2D eigenvalue weighted by atomic mass is 32.2. The van der Waals surface area contributed by atoms with Crippen LogP contribution in [0, 0.1) is 11.7 Å². The molecule has 1 aliphatic heterocycles. The molecule has 132 valence electrons. The van der Waals surface area contributed by atoms with Crippen LogP contribution in [0.25, 0.3) is 0 Å². The number of aromatic nitrogens is 2. The number of nitrogens with one attached hydrogen (secondary N) is 3. The van der Waals surface area contributed by atoms with Gasteiger partial charge in [-0.05, 0) is 49.3 Å². The molecule has 0 bridgehead atoms. The fourth-order valence-corrected chi connectivity index (χ4v) is 4.33. The maximum absolute atomic E-state index is 14.6. The molecule has 4 nitrogen and oxygen atoms in total. The number of H-pyrrole nitrogens is 1. The third-order valence-electron chi connectivity index (χ3n) is 5.32. The normalized spacial score (nSPS) is 20.4. The average molecular weight is 358 g/mol. The molecular weight excluding hydrogens is 335 g/mol. The lowest BCUT2D eigenvalue weighted by molar-refractivity contribution is 0.607. The van der Waals surface area contributed by atoms with Crippen LogP contribution in [0.4, 0.5) is 15.9 Å². The first-order chi connectivity index (χ1) is 12.2. The summed E-state index contributed by atoms with van der Waals surface area (Å²) >= 11 is 1.48. The summed E-state index contributed by atoms with van der Waals surface area (Å²) in [5.74, 6) is 1.58. The van der Waals surface area contributed by atoms with Gasteiger partial charge in [0, 0.05) is 34.7 Å². The second kappa shape index (κ2) is 6.84. The Morgan fingerprint density at radius 3 is 3.16 bits per heavy atom. The molecule has 0 saturated heterocycles. The maximum atomic E-state index is 14.6. The van der Waals surface area contributed by atoms with Crippen molar-refractivity contribution in [3.8, 4) is 0 Å². The van der Waals surface area contributed by atoms with E-state index in [-0.39, 0.29) is 5.82 Å². The molecule has 0 amide bonds. The van der Waals surface area contributed by atoms with Crippen molar-refractivity contribution in [1.29, 1.82) is 0 Å². The first-order valence-electron chi connectivity index (χ1n) is 8.88. The van der Waals surface area contributed by atoms with E-state index in [0.717, 1.165) is 29.0 Å². The summed E-state index contributed by atoms with van der Waals surface area (Å²) in [5, 5.41) is 10.6. The van der Waals surface area contributed by atoms with E-state index < -0.39 is 0 Å². The summed E-state index contributed by atoms with van der Waals surface area (Å²) in [6.45, 7) is 5.08. The Morgan fingerprint density at radius 2 is 2.32 bits per heavy atom. The highest BCUT2D eigenvalue weighted by Crippen LogP contribution is 2.38. The maximum Gasteiger partial charge on any atom is 0.152 e. The summed E-state index contributed by atoms with van der Waals surface area (Å²) < 4.78 is 17.7. The van der Waals surface area contributed by atoms with Gasteiger partial charge in [0.1, 0.15) is 0 Å². The van der Waals surface area contributed by atoms with Crippen molar-refractivity contribution in [2.75, 3.05) is 5.32 Å². The number of halogens is 1. The Balaban J connectivity index is 1.46. The molecule has 2 aromatic rings. The van der Waals surface area contributed by atoms with Crippen LogP contribution in [0.1, 0.15) is 50.3 Å². The predicted octanol–water partition coefficient (Wildman–Crippen LogP) is 5.25. The van der Waals surface area contributed by atoms with Crippen molar-refractivity contribution in [2.24, 2.45) is 5.92 Å². The van der Waals surface area contributed by atoms with Gasteiger partial charge in [-0.2, -0.15) is 5.10 Å². The number of nitrogens with zero attached hydrogens (tertiary/aromatic N) is 1. The van der Waals surface area contributed by atoms with Gasteiger partial charge in [-0.25, -0.2) is 4.39 Å². The predicted molar refractivity (Wildman–Crippen MR) is 100 cm³/mol. The summed E-state index contributed by atoms with van der Waals surface area (Å²) in [7, 11) is 0. The van der Waals surface area contributed by atoms with Gasteiger partial charge in [0.05, 0.1) is 5.69 Å². The number of aromatic amines is 1. The molecule has 2 aliphatic rings. The first kappa shape index (κ1) is 16.7. The van der Waals surface area contributed by atoms with Gasteiger partial charge < -0.3 is 5.32 Å². The second-order valence-electron chi connectivity index (χ2n) is 6.89. The minimum absolute atomic E-state index is 0.193. The van der Waals surface area contributed by atoms with Crippen LogP contribution in [0.2, 0.25) is 0 Å². The monoisotopic (exact) mass is 358 g/mol. The zero-order valence-electron chi connectivity index (χ0n) is 14.5. The van der Waals surface area contributed by atoms with E-state index in [0.29, 0.717) is 29.9 Å². The van der Waals surface area contributed by atoms with Crippen LogP contribution < -0.4 is 10.0 Å². The summed E-state index contributed by atoms with van der Waals surface area (Å²) in [6, 6.07) is 5.73. The van der Waals surface area contributed by atoms with Gasteiger partial charge in [-0.15, -0.1) is 0 Å². The number of fused-ring (bicyclic) bond motifs is 1. The summed E-state index contributed by atoms with van der Waals surface area (Å²) in [4.78, 5) is 0.959. The van der Waals surface area contributed by atoms with E-state index in [1.165, 1.54) is 18.4 Å². The SMILES string of the molecule is CCC(C)C1=CCC(c2cc(Nc3ccc4c(c3F)CNS4)n[nH]2)C1. The lowest BCUT2D eigenvalue weighted by Gasteiger charge is -2.12. The smallest absolute Gasteiger partial charge is 0.152 e. The molecule has 1 aromatic carbocycles. The summed E-state index contributed by atoms with van der Waals surface area (Å²) in [5.41, 5.74) is 3.87. The number of hydrogen-bond donors (Lipinski definition) is 3. The van der Waals surface area contributed by atoms with Crippen LogP contribution in [-0.2, 0) is 6.54 Å². The number of allylic oxidation sites excluding steroid dienone is 2. The van der Waals surface area contributed by atoms with Crippen LogP contribution >= 0.6 is 11.9 Å². The molecule has 2 atom stereocenters. The Labute approximate surface area is 151 Å². The van der Waals surface area contributed by atoms with Crippen molar-refractivity contribution < 1.29 is 4.39 Å². The first-order valence-corrected chi connectivity index (χ1v) is 9.69. The number of anilines is 2. The number of benzene rings is 1. The zero-order valence-corrected chi connectivity index (χ0v) is 15.3. The van der Waals surface area contributed by atoms with Gasteiger partial charge >= 0.3 is 0 Å². The number of rotatable bonds is 5. The molecule has 1 aliphatic carbocycles. The fourth-order valence-electron chi connectivity index (χ4n) is 3.54. The lowest BCUT2D eigenvalue weighted by Crippen LogP contribution is -2.00. The van der Waals surface area contributed by atoms with Crippen molar-refractivity contribution in [2.45, 2.75) is 50.5 Å². The Hall–Kier alpha value is -1.79. The molecule has 0 spiro atoms. The van der Waals surface area contributed by atoms with E-state index in [2.05, 4.69) is 40.2 Å². The molecule has 2 unspecified atom stereocenters. The zero-order chi connectivity index (χ0) is 17.4. The molecule has 0 radical (unpaired) electrons. The Morgan fingerprint density at radius 1 is 1.44 bits per heavy atom. The third kappa shape index (κ3) is 3.20. The molecule has 0 saturated carbocycles. The Bertz CT molecular complexity index is 814. The standard InChI is InChI=1S/C19H23FN4S/c1-3-11(2)12-4-5-13(8-12)16-9-18(24-23-16)22-15-6-7-17-14(19(15)20)10-21-25-17/h4,6-7,9,11,13,21H,3,5,8,10H2,1-2H3,(H2,22,23,24). The van der Waals surface area contributed by atoms with Gasteiger partial charge in [-0.3, -0.25) is 9.82 Å². The molecule has 0 fully saturated rings. The van der Waals surface area contributed by atoms with Gasteiger partial charge in [-0.1, -0.05) is 25.5 Å².